The number of aromatic nitrogens is 1. The van der Waals surface area contributed by atoms with Gasteiger partial charge in [0, 0.05) is 13.2 Å². The average molecular weight is 293 g/mol. The highest BCUT2D eigenvalue weighted by Gasteiger charge is 2.20. The van der Waals surface area contributed by atoms with Gasteiger partial charge >= 0.3 is 0 Å². The summed E-state index contributed by atoms with van der Waals surface area (Å²) in [5, 5.41) is 2.75. The predicted molar refractivity (Wildman–Crippen MR) is 77.6 cm³/mol. The Morgan fingerprint density at radius 2 is 1.90 bits per heavy atom. The Labute approximate surface area is 117 Å². The fourth-order valence-corrected chi connectivity index (χ4v) is 2.96. The van der Waals surface area contributed by atoms with Crippen molar-refractivity contribution in [1.29, 1.82) is 0 Å². The maximum absolute atomic E-state index is 12.4. The first-order valence-electron chi connectivity index (χ1n) is 5.87. The van der Waals surface area contributed by atoms with Gasteiger partial charge in [-0.2, -0.15) is 0 Å². The van der Waals surface area contributed by atoms with Crippen LogP contribution in [0.2, 0.25) is 0 Å². The minimum Gasteiger partial charge on any atom is -0.495 e. The molecular formula is C13H15N3O3S. The molecule has 1 aromatic heterocycles. The van der Waals surface area contributed by atoms with Crippen LogP contribution in [0.3, 0.4) is 0 Å². The summed E-state index contributed by atoms with van der Waals surface area (Å²) in [6.07, 6.45) is 1.52. The zero-order chi connectivity index (χ0) is 14.6. The third-order valence-electron chi connectivity index (χ3n) is 2.65. The molecule has 20 heavy (non-hydrogen) atoms. The molecule has 0 aliphatic carbocycles. The van der Waals surface area contributed by atoms with Gasteiger partial charge in [0.05, 0.1) is 12.8 Å². The zero-order valence-electron chi connectivity index (χ0n) is 11.1. The number of para-hydroxylation sites is 2. The van der Waals surface area contributed by atoms with Crippen LogP contribution in [0.5, 0.6) is 5.75 Å². The van der Waals surface area contributed by atoms with Crippen molar-refractivity contribution < 1.29 is 13.2 Å². The van der Waals surface area contributed by atoms with Gasteiger partial charge in [0.1, 0.15) is 16.5 Å². The van der Waals surface area contributed by atoms with Crippen molar-refractivity contribution in [3.8, 4) is 5.75 Å². The molecular weight excluding hydrogens is 278 g/mol. The summed E-state index contributed by atoms with van der Waals surface area (Å²) >= 11 is 0. The maximum Gasteiger partial charge on any atom is 0.265 e. The Hall–Kier alpha value is -2.28. The Morgan fingerprint density at radius 3 is 2.60 bits per heavy atom. The summed E-state index contributed by atoms with van der Waals surface area (Å²) < 4.78 is 32.4. The SMILES string of the molecule is CNc1ncccc1S(=O)(=O)Nc1ccccc1OC. The number of sulfonamides is 1. The van der Waals surface area contributed by atoms with Gasteiger partial charge in [0.15, 0.2) is 0 Å². The number of nitrogens with one attached hydrogen (secondary N) is 2. The van der Waals surface area contributed by atoms with Crippen molar-refractivity contribution in [3.05, 3.63) is 42.6 Å². The first kappa shape index (κ1) is 14.1. The van der Waals surface area contributed by atoms with E-state index in [0.29, 0.717) is 11.4 Å². The van der Waals surface area contributed by atoms with Gasteiger partial charge < -0.3 is 10.1 Å². The molecule has 0 saturated heterocycles. The van der Waals surface area contributed by atoms with Crippen LogP contribution < -0.4 is 14.8 Å². The van der Waals surface area contributed by atoms with Gasteiger partial charge in [-0.05, 0) is 24.3 Å². The first-order chi connectivity index (χ1) is 9.58. The summed E-state index contributed by atoms with van der Waals surface area (Å²) in [5.74, 6) is 0.737. The monoisotopic (exact) mass is 293 g/mol. The molecule has 0 radical (unpaired) electrons. The highest BCUT2D eigenvalue weighted by molar-refractivity contribution is 7.92. The van der Waals surface area contributed by atoms with Crippen LogP contribution >= 0.6 is 0 Å². The molecule has 2 aromatic rings. The van der Waals surface area contributed by atoms with E-state index >= 15 is 0 Å². The number of methoxy groups -OCH3 is 1. The minimum atomic E-state index is -3.74. The first-order valence-corrected chi connectivity index (χ1v) is 7.35. The van der Waals surface area contributed by atoms with Crippen LogP contribution in [-0.4, -0.2) is 27.6 Å². The molecule has 0 spiro atoms. The zero-order valence-corrected chi connectivity index (χ0v) is 11.9. The van der Waals surface area contributed by atoms with E-state index in [1.165, 1.54) is 19.4 Å². The van der Waals surface area contributed by atoms with Gasteiger partial charge in [-0.3, -0.25) is 4.72 Å². The van der Waals surface area contributed by atoms with Crippen LogP contribution in [0.1, 0.15) is 0 Å². The van der Waals surface area contributed by atoms with Crippen LogP contribution in [-0.2, 0) is 10.0 Å². The molecule has 0 amide bonds. The lowest BCUT2D eigenvalue weighted by Gasteiger charge is -2.13. The third kappa shape index (κ3) is 2.83. The molecule has 1 aromatic carbocycles. The number of ether oxygens (including phenoxy) is 1. The normalized spacial score (nSPS) is 10.9. The molecule has 0 bridgehead atoms. The van der Waals surface area contributed by atoms with Gasteiger partial charge in [0.2, 0.25) is 0 Å². The second-order valence-corrected chi connectivity index (χ2v) is 5.56. The number of pyridine rings is 1. The number of benzene rings is 1. The Balaban J connectivity index is 2.41. The topological polar surface area (TPSA) is 80.3 Å². The molecule has 6 nitrogen and oxygen atoms in total. The standard InChI is InChI=1S/C13H15N3O3S/c1-14-13-12(8-5-9-15-13)20(17,18)16-10-6-3-4-7-11(10)19-2/h3-9,16H,1-2H3,(H,14,15). The number of anilines is 2. The van der Waals surface area contributed by atoms with E-state index in [0.717, 1.165) is 0 Å². The van der Waals surface area contributed by atoms with Gasteiger partial charge in [-0.25, -0.2) is 13.4 Å². The minimum absolute atomic E-state index is 0.0772. The van der Waals surface area contributed by atoms with Crippen molar-refractivity contribution in [2.75, 3.05) is 24.2 Å². The van der Waals surface area contributed by atoms with Gasteiger partial charge in [0.25, 0.3) is 10.0 Å². The second kappa shape index (κ2) is 5.79. The van der Waals surface area contributed by atoms with Gasteiger partial charge in [-0.1, -0.05) is 12.1 Å². The lowest BCUT2D eigenvalue weighted by atomic mass is 10.3. The lowest BCUT2D eigenvalue weighted by Crippen LogP contribution is -2.15. The Bertz CT molecular complexity index is 702. The molecule has 0 aliphatic rings. The van der Waals surface area contributed by atoms with Crippen LogP contribution in [0.4, 0.5) is 11.5 Å². The number of hydrogen-bond acceptors (Lipinski definition) is 5. The average Bonchev–Trinajstić information content (AvgIpc) is 2.47. The highest BCUT2D eigenvalue weighted by atomic mass is 32.2. The van der Waals surface area contributed by atoms with Crippen LogP contribution in [0.25, 0.3) is 0 Å². The van der Waals surface area contributed by atoms with E-state index in [-0.39, 0.29) is 10.7 Å². The van der Waals surface area contributed by atoms with Crippen LogP contribution in [0, 0.1) is 0 Å². The van der Waals surface area contributed by atoms with E-state index in [1.54, 1.807) is 37.4 Å². The maximum atomic E-state index is 12.4. The quantitative estimate of drug-likeness (QED) is 0.880. The van der Waals surface area contributed by atoms with E-state index < -0.39 is 10.0 Å². The molecule has 106 valence electrons. The highest BCUT2D eigenvalue weighted by Crippen LogP contribution is 2.27. The molecule has 0 unspecified atom stereocenters. The molecule has 2 rings (SSSR count). The lowest BCUT2D eigenvalue weighted by molar-refractivity contribution is 0.417. The Morgan fingerprint density at radius 1 is 1.15 bits per heavy atom. The van der Waals surface area contributed by atoms with Crippen molar-refractivity contribution >= 4 is 21.5 Å². The molecule has 2 N–H and O–H groups in total. The van der Waals surface area contributed by atoms with Crippen LogP contribution in [0.15, 0.2) is 47.5 Å². The summed E-state index contributed by atoms with van der Waals surface area (Å²) in [5.41, 5.74) is 0.376. The second-order valence-electron chi connectivity index (χ2n) is 3.91. The summed E-state index contributed by atoms with van der Waals surface area (Å²) in [6, 6.07) is 9.85. The van der Waals surface area contributed by atoms with Gasteiger partial charge in [-0.15, -0.1) is 0 Å². The fraction of sp³-hybridized carbons (Fsp3) is 0.154. The fourth-order valence-electron chi connectivity index (χ4n) is 1.72. The molecule has 7 heteroatoms. The predicted octanol–water partition coefficient (Wildman–Crippen LogP) is 1.93. The third-order valence-corrected chi connectivity index (χ3v) is 4.05. The Kier molecular flexibility index (Phi) is 4.09. The molecule has 0 aliphatic heterocycles. The molecule has 0 saturated carbocycles. The smallest absolute Gasteiger partial charge is 0.265 e. The number of hydrogen-bond donors (Lipinski definition) is 2. The van der Waals surface area contributed by atoms with E-state index in [9.17, 15) is 8.42 Å². The van der Waals surface area contributed by atoms with Crippen molar-refractivity contribution in [2.45, 2.75) is 4.90 Å². The van der Waals surface area contributed by atoms with Crippen molar-refractivity contribution in [1.82, 2.24) is 4.98 Å². The summed E-state index contributed by atoms with van der Waals surface area (Å²) in [7, 11) is -0.646. The number of rotatable bonds is 5. The molecule has 0 fully saturated rings. The van der Waals surface area contributed by atoms with Crippen molar-refractivity contribution in [3.63, 3.8) is 0 Å². The summed E-state index contributed by atoms with van der Waals surface area (Å²) in [4.78, 5) is 4.06. The molecule has 1 heterocycles. The summed E-state index contributed by atoms with van der Waals surface area (Å²) in [6.45, 7) is 0. The van der Waals surface area contributed by atoms with E-state index in [2.05, 4.69) is 15.0 Å². The number of nitrogens with zero attached hydrogens (tertiary/aromatic N) is 1. The van der Waals surface area contributed by atoms with E-state index in [4.69, 9.17) is 4.74 Å². The largest absolute Gasteiger partial charge is 0.495 e. The molecule has 0 atom stereocenters. The van der Waals surface area contributed by atoms with Crippen molar-refractivity contribution in [2.24, 2.45) is 0 Å². The van der Waals surface area contributed by atoms with E-state index in [1.807, 2.05) is 0 Å².